The minimum Gasteiger partial charge on any atom is -0.466 e. The zero-order chi connectivity index (χ0) is 25.3. The molecule has 1 aromatic carbocycles. The molecule has 182 valence electrons. The smallest absolute Gasteiger partial charge is 0.328 e. The van der Waals surface area contributed by atoms with E-state index in [1.165, 1.54) is 13.8 Å². The Morgan fingerprint density at radius 3 is 1.73 bits per heavy atom. The summed E-state index contributed by atoms with van der Waals surface area (Å²) in [6.45, 7) is 6.26. The van der Waals surface area contributed by atoms with E-state index in [4.69, 9.17) is 9.47 Å². The molecular weight excluding hydrogens is 775 g/mol. The number of nitrogens with one attached hydrogen (secondary N) is 3. The van der Waals surface area contributed by atoms with Crippen LogP contribution in [0.25, 0.3) is 0 Å². The Hall–Kier alpha value is -1.24. The first-order chi connectivity index (χ1) is 15.4. The fourth-order valence-electron chi connectivity index (χ4n) is 2.65. The molecule has 10 nitrogen and oxygen atoms in total. The van der Waals surface area contributed by atoms with E-state index < -0.39 is 23.9 Å². The van der Waals surface area contributed by atoms with Crippen LogP contribution < -0.4 is 16.0 Å². The number of anilines is 2. The Balaban J connectivity index is 3.43. The van der Waals surface area contributed by atoms with E-state index in [0.29, 0.717) is 22.1 Å². The zero-order valence-electron chi connectivity index (χ0n) is 18.4. The van der Waals surface area contributed by atoms with Crippen molar-refractivity contribution in [2.24, 2.45) is 0 Å². The van der Waals surface area contributed by atoms with E-state index >= 15 is 0 Å². The Labute approximate surface area is 232 Å². The Bertz CT molecular complexity index is 910. The SMILES string of the molecule is CCOC(=O)CC[C@H](NC(=O)c1c(I)c(NC(C)=O)c(I)c(NC(C)=O)c1I)C(=O)OCC. The van der Waals surface area contributed by atoms with Crippen molar-refractivity contribution in [3.05, 3.63) is 16.3 Å². The lowest BCUT2D eigenvalue weighted by Gasteiger charge is -2.21. The van der Waals surface area contributed by atoms with Crippen LogP contribution >= 0.6 is 67.8 Å². The van der Waals surface area contributed by atoms with Gasteiger partial charge in [0.2, 0.25) is 11.8 Å². The topological polar surface area (TPSA) is 140 Å². The summed E-state index contributed by atoms with van der Waals surface area (Å²) < 4.78 is 11.3. The van der Waals surface area contributed by atoms with Gasteiger partial charge in [-0.15, -0.1) is 0 Å². The molecule has 0 aromatic heterocycles. The highest BCUT2D eigenvalue weighted by Gasteiger charge is 2.29. The van der Waals surface area contributed by atoms with Gasteiger partial charge in [-0.05, 0) is 88.0 Å². The molecule has 0 aliphatic heterocycles. The Morgan fingerprint density at radius 1 is 0.818 bits per heavy atom. The molecule has 0 aliphatic carbocycles. The number of ether oxygens (including phenoxy) is 2. The van der Waals surface area contributed by atoms with Crippen LogP contribution in [0.1, 0.15) is 50.9 Å². The van der Waals surface area contributed by atoms with E-state index in [2.05, 4.69) is 16.0 Å². The van der Waals surface area contributed by atoms with Crippen molar-refractivity contribution in [2.75, 3.05) is 23.8 Å². The molecule has 1 aromatic rings. The highest BCUT2D eigenvalue weighted by atomic mass is 127. The second-order valence-corrected chi connectivity index (χ2v) is 9.79. The first kappa shape index (κ1) is 29.8. The van der Waals surface area contributed by atoms with Gasteiger partial charge >= 0.3 is 11.9 Å². The third-order valence-corrected chi connectivity index (χ3v) is 7.20. The second kappa shape index (κ2) is 14.2. The third kappa shape index (κ3) is 8.80. The lowest BCUT2D eigenvalue weighted by atomic mass is 10.1. The molecule has 0 radical (unpaired) electrons. The van der Waals surface area contributed by atoms with Crippen LogP contribution in [0.4, 0.5) is 11.4 Å². The van der Waals surface area contributed by atoms with E-state index in [9.17, 15) is 24.0 Å². The predicted octanol–water partition coefficient (Wildman–Crippen LogP) is 3.42. The quantitative estimate of drug-likeness (QED) is 0.244. The first-order valence-electron chi connectivity index (χ1n) is 9.83. The summed E-state index contributed by atoms with van der Waals surface area (Å²) in [6.07, 6.45) is -0.106. The molecule has 33 heavy (non-hydrogen) atoms. The van der Waals surface area contributed by atoms with Gasteiger partial charge in [0.25, 0.3) is 5.91 Å². The average molecular weight is 799 g/mol. The van der Waals surface area contributed by atoms with Gasteiger partial charge in [0, 0.05) is 20.3 Å². The van der Waals surface area contributed by atoms with E-state index in [0.717, 1.165) is 0 Å². The van der Waals surface area contributed by atoms with Gasteiger partial charge < -0.3 is 25.4 Å². The molecule has 13 heteroatoms. The van der Waals surface area contributed by atoms with Crippen molar-refractivity contribution in [1.82, 2.24) is 5.32 Å². The summed E-state index contributed by atoms with van der Waals surface area (Å²) in [5.74, 6) is -2.52. The summed E-state index contributed by atoms with van der Waals surface area (Å²) in [5, 5.41) is 7.99. The fourth-order valence-corrected chi connectivity index (χ4v) is 6.85. The number of hydrogen-bond acceptors (Lipinski definition) is 7. The molecule has 0 aliphatic rings. The Morgan fingerprint density at radius 2 is 1.30 bits per heavy atom. The van der Waals surface area contributed by atoms with Crippen LogP contribution in [0, 0.1) is 10.7 Å². The molecule has 0 saturated heterocycles. The molecule has 3 amide bonds. The normalized spacial score (nSPS) is 11.2. The van der Waals surface area contributed by atoms with Crippen molar-refractivity contribution in [3.8, 4) is 0 Å². The molecule has 0 heterocycles. The highest BCUT2D eigenvalue weighted by Crippen LogP contribution is 2.39. The molecule has 0 fully saturated rings. The van der Waals surface area contributed by atoms with Crippen LogP contribution in [-0.4, -0.2) is 48.9 Å². The number of rotatable bonds is 10. The number of halogens is 3. The lowest BCUT2D eigenvalue weighted by molar-refractivity contribution is -0.147. The lowest BCUT2D eigenvalue weighted by Crippen LogP contribution is -2.43. The molecule has 3 N–H and O–H groups in total. The maximum absolute atomic E-state index is 13.3. The molecule has 1 rings (SSSR count). The van der Waals surface area contributed by atoms with Crippen LogP contribution in [0.5, 0.6) is 0 Å². The van der Waals surface area contributed by atoms with E-state index in [-0.39, 0.29) is 43.4 Å². The number of esters is 2. The average Bonchev–Trinajstić information content (AvgIpc) is 2.71. The molecule has 0 saturated carbocycles. The first-order valence-corrected chi connectivity index (χ1v) is 13.1. The van der Waals surface area contributed by atoms with Gasteiger partial charge in [0.05, 0.1) is 40.9 Å². The standard InChI is InChI=1S/C20H24I3N3O7/c1-5-32-12(29)8-7-11(20(31)33-6-2)26-19(30)13-14(21)17(24-9(3)27)16(23)18(15(13)22)25-10(4)28/h11H,5-8H2,1-4H3,(H,24,27)(H,25,28)(H,26,30)/t11-/m0/s1. The van der Waals surface area contributed by atoms with Crippen molar-refractivity contribution in [1.29, 1.82) is 0 Å². The zero-order valence-corrected chi connectivity index (χ0v) is 24.9. The van der Waals surface area contributed by atoms with Crippen LogP contribution in [0.2, 0.25) is 0 Å². The number of carbonyl (C=O) groups is 5. The van der Waals surface area contributed by atoms with Crippen molar-refractivity contribution in [2.45, 2.75) is 46.6 Å². The summed E-state index contributed by atoms with van der Waals surface area (Å²) in [6, 6.07) is -1.10. The molecule has 0 unspecified atom stereocenters. The van der Waals surface area contributed by atoms with Crippen molar-refractivity contribution < 1.29 is 33.4 Å². The monoisotopic (exact) mass is 799 g/mol. The predicted molar refractivity (Wildman–Crippen MR) is 147 cm³/mol. The highest BCUT2D eigenvalue weighted by molar-refractivity contribution is 14.1. The second-order valence-electron chi connectivity index (χ2n) is 6.55. The van der Waals surface area contributed by atoms with Gasteiger partial charge in [-0.1, -0.05) is 0 Å². The maximum atomic E-state index is 13.3. The number of carbonyl (C=O) groups excluding carboxylic acids is 5. The molecule has 0 bridgehead atoms. The summed E-state index contributed by atoms with van der Waals surface area (Å²) in [4.78, 5) is 61.0. The minimum atomic E-state index is -1.10. The van der Waals surface area contributed by atoms with E-state index in [1.807, 2.05) is 67.8 Å². The largest absolute Gasteiger partial charge is 0.466 e. The number of hydrogen-bond donors (Lipinski definition) is 3. The van der Waals surface area contributed by atoms with Gasteiger partial charge in [0.1, 0.15) is 6.04 Å². The maximum Gasteiger partial charge on any atom is 0.328 e. The minimum absolute atomic E-state index is 0.0158. The third-order valence-electron chi connectivity index (χ3n) is 3.96. The van der Waals surface area contributed by atoms with Crippen LogP contribution in [-0.2, 0) is 28.7 Å². The molecular formula is C20H24I3N3O7. The van der Waals surface area contributed by atoms with Crippen LogP contribution in [0.3, 0.4) is 0 Å². The van der Waals surface area contributed by atoms with Crippen molar-refractivity contribution >= 4 is 109 Å². The Kier molecular flexibility index (Phi) is 12.8. The van der Waals surface area contributed by atoms with Gasteiger partial charge in [0.15, 0.2) is 0 Å². The summed E-state index contributed by atoms with van der Waals surface area (Å²) in [7, 11) is 0. The summed E-state index contributed by atoms with van der Waals surface area (Å²) in [5.41, 5.74) is 0.879. The van der Waals surface area contributed by atoms with Gasteiger partial charge in [-0.3, -0.25) is 19.2 Å². The molecule has 0 spiro atoms. The number of amides is 3. The number of benzene rings is 1. The fraction of sp³-hybridized carbons (Fsp3) is 0.450. The van der Waals surface area contributed by atoms with E-state index in [1.54, 1.807) is 13.8 Å². The van der Waals surface area contributed by atoms with Crippen LogP contribution in [0.15, 0.2) is 0 Å². The molecule has 1 atom stereocenters. The summed E-state index contributed by atoms with van der Waals surface area (Å²) >= 11 is 5.83. The van der Waals surface area contributed by atoms with Crippen molar-refractivity contribution in [3.63, 3.8) is 0 Å². The van der Waals surface area contributed by atoms with Gasteiger partial charge in [-0.2, -0.15) is 0 Å². The van der Waals surface area contributed by atoms with Gasteiger partial charge in [-0.25, -0.2) is 4.79 Å².